The van der Waals surface area contributed by atoms with Crippen LogP contribution in [0.2, 0.25) is 10.0 Å². The molecule has 0 saturated carbocycles. The second-order valence-corrected chi connectivity index (χ2v) is 10.1. The quantitative estimate of drug-likeness (QED) is 0.203. The van der Waals surface area contributed by atoms with E-state index in [4.69, 9.17) is 27.9 Å². The standard InChI is InChI=1S/C25H19Cl2N3O6S.Na/c1-13-20(27)7-8-21(24(13)37(33,34)35)29-30-22-18-6-4-3-5-14(18)9-19(23(22)31)25(32)28-16-10-15(26)11-17(12-16)36-2;/h3-12,31H,1-2H3,(H,28,32)(H,33,34,35);/q;+1/p-1. The zero-order valence-corrected chi connectivity index (χ0v) is 24.6. The third-order valence-electron chi connectivity index (χ3n) is 5.42. The van der Waals surface area contributed by atoms with Gasteiger partial charge < -0.3 is 15.2 Å². The fraction of sp³-hybridized carbons (Fsp3) is 0.0800. The Labute approximate surface area is 250 Å². The molecular formula is C25H18Cl2N3NaO6S. The Morgan fingerprint density at radius 1 is 1.05 bits per heavy atom. The average Bonchev–Trinajstić information content (AvgIpc) is 2.83. The van der Waals surface area contributed by atoms with E-state index in [0.29, 0.717) is 27.2 Å². The van der Waals surface area contributed by atoms with Crippen LogP contribution < -0.4 is 44.7 Å². The number of amides is 1. The molecule has 0 aromatic heterocycles. The van der Waals surface area contributed by atoms with Crippen molar-refractivity contribution in [3.8, 4) is 11.5 Å². The molecule has 9 nitrogen and oxygen atoms in total. The maximum atomic E-state index is 13.4. The molecule has 0 heterocycles. The average molecular weight is 582 g/mol. The number of rotatable bonds is 6. The summed E-state index contributed by atoms with van der Waals surface area (Å²) in [4.78, 5) is 12.6. The van der Waals surface area contributed by atoms with Crippen molar-refractivity contribution in [1.29, 1.82) is 0 Å². The fourth-order valence-electron chi connectivity index (χ4n) is 3.69. The van der Waals surface area contributed by atoms with Crippen LogP contribution in [0.25, 0.3) is 10.8 Å². The first-order chi connectivity index (χ1) is 17.5. The van der Waals surface area contributed by atoms with Gasteiger partial charge in [-0.2, -0.15) is 13.5 Å². The van der Waals surface area contributed by atoms with Crippen LogP contribution in [0.1, 0.15) is 15.9 Å². The molecule has 0 fully saturated rings. The van der Waals surface area contributed by atoms with Gasteiger partial charge in [0.1, 0.15) is 16.3 Å². The summed E-state index contributed by atoms with van der Waals surface area (Å²) in [5.41, 5.74) is -0.277. The van der Waals surface area contributed by atoms with E-state index in [1.165, 1.54) is 44.4 Å². The second-order valence-electron chi connectivity index (χ2n) is 7.85. The number of nitrogens with one attached hydrogen (secondary N) is 1. The minimum atomic E-state index is -4.71. The van der Waals surface area contributed by atoms with E-state index >= 15 is 0 Å². The van der Waals surface area contributed by atoms with Crippen molar-refractivity contribution in [3.05, 3.63) is 81.8 Å². The molecule has 4 aromatic carbocycles. The van der Waals surface area contributed by atoms with Crippen LogP contribution >= 0.6 is 23.2 Å². The number of ether oxygens (including phenoxy) is 1. The van der Waals surface area contributed by atoms with Crippen molar-refractivity contribution in [2.24, 2.45) is 10.2 Å². The predicted molar refractivity (Wildman–Crippen MR) is 140 cm³/mol. The molecule has 0 bridgehead atoms. The van der Waals surface area contributed by atoms with Crippen molar-refractivity contribution < 1.29 is 57.2 Å². The first kappa shape index (κ1) is 29.9. The summed E-state index contributed by atoms with van der Waals surface area (Å²) < 4.78 is 38.8. The van der Waals surface area contributed by atoms with E-state index < -0.39 is 26.7 Å². The first-order valence-corrected chi connectivity index (χ1v) is 12.8. The molecule has 190 valence electrons. The number of methoxy groups -OCH3 is 1. The number of azo groups is 1. The smallest absolute Gasteiger partial charge is 0.870 e. The van der Waals surface area contributed by atoms with Crippen LogP contribution in [-0.2, 0) is 10.1 Å². The van der Waals surface area contributed by atoms with Gasteiger partial charge in [0.25, 0.3) is 16.0 Å². The van der Waals surface area contributed by atoms with Crippen LogP contribution in [0.5, 0.6) is 11.5 Å². The molecule has 0 atom stereocenters. The third kappa shape index (κ3) is 6.29. The van der Waals surface area contributed by atoms with Crippen molar-refractivity contribution in [2.75, 3.05) is 12.4 Å². The van der Waals surface area contributed by atoms with Crippen molar-refractivity contribution >= 4 is 67.1 Å². The van der Waals surface area contributed by atoms with Gasteiger partial charge in [0, 0.05) is 32.7 Å². The summed E-state index contributed by atoms with van der Waals surface area (Å²) in [6.07, 6.45) is 0. The van der Waals surface area contributed by atoms with Crippen LogP contribution in [0, 0.1) is 6.92 Å². The first-order valence-electron chi connectivity index (χ1n) is 10.6. The van der Waals surface area contributed by atoms with Crippen molar-refractivity contribution in [2.45, 2.75) is 11.8 Å². The number of hydrogen-bond donors (Lipinski definition) is 2. The number of benzene rings is 4. The zero-order chi connectivity index (χ0) is 26.9. The Kier molecular flexibility index (Phi) is 9.43. The van der Waals surface area contributed by atoms with Crippen molar-refractivity contribution in [3.63, 3.8) is 0 Å². The summed E-state index contributed by atoms with van der Waals surface area (Å²) in [6, 6.07) is 15.3. The summed E-state index contributed by atoms with van der Waals surface area (Å²) >= 11 is 12.1. The Hall–Kier alpha value is -2.70. The molecule has 4 rings (SSSR count). The van der Waals surface area contributed by atoms with E-state index in [1.807, 2.05) is 0 Å². The van der Waals surface area contributed by atoms with E-state index in [2.05, 4.69) is 15.5 Å². The minimum absolute atomic E-state index is 0. The van der Waals surface area contributed by atoms with Gasteiger partial charge in [0.2, 0.25) is 0 Å². The second kappa shape index (κ2) is 12.0. The van der Waals surface area contributed by atoms with Gasteiger partial charge in [-0.1, -0.05) is 53.2 Å². The number of halogens is 2. The number of nitrogens with zero attached hydrogens (tertiary/aromatic N) is 2. The summed E-state index contributed by atoms with van der Waals surface area (Å²) in [5, 5.41) is 25.3. The van der Waals surface area contributed by atoms with Gasteiger partial charge in [0.05, 0.1) is 12.8 Å². The zero-order valence-electron chi connectivity index (χ0n) is 20.3. The Morgan fingerprint density at radius 3 is 2.45 bits per heavy atom. The summed E-state index contributed by atoms with van der Waals surface area (Å²) in [6.45, 7) is 1.40. The molecule has 13 heteroatoms. The summed E-state index contributed by atoms with van der Waals surface area (Å²) in [5.74, 6) is -1.06. The van der Waals surface area contributed by atoms with Crippen LogP contribution in [0.4, 0.5) is 17.1 Å². The maximum absolute atomic E-state index is 13.4. The molecule has 1 amide bonds. The normalized spacial score (nSPS) is 11.4. The molecule has 0 unspecified atom stereocenters. The van der Waals surface area contributed by atoms with Crippen molar-refractivity contribution in [1.82, 2.24) is 0 Å². The van der Waals surface area contributed by atoms with E-state index in [0.717, 1.165) is 0 Å². The van der Waals surface area contributed by atoms with Gasteiger partial charge in [-0.3, -0.25) is 9.35 Å². The van der Waals surface area contributed by atoms with E-state index in [-0.39, 0.29) is 57.1 Å². The third-order valence-corrected chi connectivity index (χ3v) is 7.08. The van der Waals surface area contributed by atoms with Crippen LogP contribution in [-0.4, -0.2) is 26.0 Å². The Morgan fingerprint density at radius 2 is 1.76 bits per heavy atom. The SMILES string of the molecule is COc1cc(Cl)cc(NC(=O)c2cc3ccccc3c(N=Nc3ccc(Cl)c(C)c3S(=O)(=O)O)c2[O-])c1.[Na+]. The van der Waals surface area contributed by atoms with Gasteiger partial charge in [0.15, 0.2) is 0 Å². The summed E-state index contributed by atoms with van der Waals surface area (Å²) in [7, 11) is -3.26. The van der Waals surface area contributed by atoms with Crippen LogP contribution in [0.15, 0.2) is 75.8 Å². The van der Waals surface area contributed by atoms with E-state index in [1.54, 1.807) is 30.3 Å². The fourth-order valence-corrected chi connectivity index (χ4v) is 5.00. The molecule has 0 saturated heterocycles. The van der Waals surface area contributed by atoms with Gasteiger partial charge in [-0.15, -0.1) is 5.11 Å². The van der Waals surface area contributed by atoms with Gasteiger partial charge in [-0.25, -0.2) is 0 Å². The van der Waals surface area contributed by atoms with E-state index in [9.17, 15) is 22.9 Å². The Bertz CT molecular complexity index is 1700. The number of carbonyl (C=O) groups excluding carboxylic acids is 1. The molecule has 0 aliphatic carbocycles. The predicted octanol–water partition coefficient (Wildman–Crippen LogP) is 3.46. The van der Waals surface area contributed by atoms with Crippen LogP contribution in [0.3, 0.4) is 0 Å². The van der Waals surface area contributed by atoms with Gasteiger partial charge in [-0.05, 0) is 48.2 Å². The molecule has 0 radical (unpaired) electrons. The molecule has 0 aliphatic heterocycles. The minimum Gasteiger partial charge on any atom is -0.870 e. The Balaban J connectivity index is 0.00000400. The molecule has 0 aliphatic rings. The number of carbonyl (C=O) groups is 1. The number of anilines is 1. The molecule has 38 heavy (non-hydrogen) atoms. The molecule has 4 aromatic rings. The largest absolute Gasteiger partial charge is 1.00 e. The topological polar surface area (TPSA) is 140 Å². The maximum Gasteiger partial charge on any atom is 1.00 e. The monoisotopic (exact) mass is 581 g/mol. The number of hydrogen-bond acceptors (Lipinski definition) is 7. The van der Waals surface area contributed by atoms with Gasteiger partial charge >= 0.3 is 29.6 Å². The molecular weight excluding hydrogens is 564 g/mol. The molecule has 2 N–H and O–H groups in total. The number of fused-ring (bicyclic) bond motifs is 1. The molecule has 0 spiro atoms.